The van der Waals surface area contributed by atoms with Crippen molar-refractivity contribution in [2.24, 2.45) is 0 Å². The van der Waals surface area contributed by atoms with E-state index >= 15 is 0 Å². The number of thioether (sulfide) groups is 1. The Hall–Kier alpha value is -0.390. The molecule has 0 amide bonds. The zero-order valence-corrected chi connectivity index (χ0v) is 12.7. The van der Waals surface area contributed by atoms with Crippen molar-refractivity contribution in [1.82, 2.24) is 10.6 Å². The van der Waals surface area contributed by atoms with Crippen molar-refractivity contribution in [2.45, 2.75) is 45.2 Å². The summed E-state index contributed by atoms with van der Waals surface area (Å²) < 4.78 is 0. The molecular weight excluding hydrogens is 248 g/mol. The standard InChI is InChI=1S/C13H26N2O2S/c1-10(16)12(14-3)6-5-8-18-9-7-13(15-4)11(2)17/h12-15H,5-9H2,1-4H3. The van der Waals surface area contributed by atoms with E-state index < -0.39 is 0 Å². The van der Waals surface area contributed by atoms with Crippen LogP contribution in [0, 0.1) is 0 Å². The second-order valence-corrected chi connectivity index (χ2v) is 5.67. The maximum Gasteiger partial charge on any atom is 0.146 e. The van der Waals surface area contributed by atoms with Gasteiger partial charge >= 0.3 is 0 Å². The summed E-state index contributed by atoms with van der Waals surface area (Å²) in [6.45, 7) is 3.24. The first-order chi connectivity index (χ1) is 8.52. The summed E-state index contributed by atoms with van der Waals surface area (Å²) in [6, 6.07) is -0.0207. The Kier molecular flexibility index (Phi) is 10.3. The van der Waals surface area contributed by atoms with E-state index in [0.717, 1.165) is 30.8 Å². The highest BCUT2D eigenvalue weighted by Crippen LogP contribution is 2.10. The predicted octanol–water partition coefficient (Wildman–Crippen LogP) is 1.24. The third-order valence-electron chi connectivity index (χ3n) is 3.01. The molecule has 0 saturated heterocycles. The molecule has 4 nitrogen and oxygen atoms in total. The molecular formula is C13H26N2O2S. The van der Waals surface area contributed by atoms with Crippen LogP contribution in [0.1, 0.15) is 33.1 Å². The first-order valence-electron chi connectivity index (χ1n) is 6.46. The van der Waals surface area contributed by atoms with Gasteiger partial charge in [-0.3, -0.25) is 9.59 Å². The number of nitrogens with one attached hydrogen (secondary N) is 2. The average Bonchev–Trinajstić information content (AvgIpc) is 2.32. The Morgan fingerprint density at radius 2 is 1.44 bits per heavy atom. The molecule has 0 aliphatic heterocycles. The fourth-order valence-corrected chi connectivity index (χ4v) is 2.77. The highest BCUT2D eigenvalue weighted by Gasteiger charge is 2.12. The number of carbonyl (C=O) groups excluding carboxylic acids is 2. The van der Waals surface area contributed by atoms with Crippen LogP contribution in [0.4, 0.5) is 0 Å². The Labute approximate surface area is 115 Å². The Morgan fingerprint density at radius 3 is 1.89 bits per heavy atom. The number of ketones is 2. The summed E-state index contributed by atoms with van der Waals surface area (Å²) in [5.74, 6) is 2.43. The lowest BCUT2D eigenvalue weighted by Gasteiger charge is -2.13. The molecule has 0 aliphatic carbocycles. The van der Waals surface area contributed by atoms with Crippen LogP contribution in [0.5, 0.6) is 0 Å². The summed E-state index contributed by atoms with van der Waals surface area (Å²) in [5, 5.41) is 6.04. The molecule has 2 atom stereocenters. The summed E-state index contributed by atoms with van der Waals surface area (Å²) >= 11 is 1.85. The van der Waals surface area contributed by atoms with Crippen molar-refractivity contribution >= 4 is 23.3 Å². The maximum atomic E-state index is 11.2. The molecule has 0 fully saturated rings. The van der Waals surface area contributed by atoms with Gasteiger partial charge in [0.05, 0.1) is 12.1 Å². The maximum absolute atomic E-state index is 11.2. The molecule has 0 aliphatic rings. The highest BCUT2D eigenvalue weighted by molar-refractivity contribution is 7.99. The summed E-state index contributed by atoms with van der Waals surface area (Å²) in [5.41, 5.74) is 0. The van der Waals surface area contributed by atoms with E-state index in [-0.39, 0.29) is 23.7 Å². The Balaban J connectivity index is 3.56. The van der Waals surface area contributed by atoms with Crippen LogP contribution in [-0.2, 0) is 9.59 Å². The van der Waals surface area contributed by atoms with Crippen molar-refractivity contribution in [2.75, 3.05) is 25.6 Å². The van der Waals surface area contributed by atoms with Gasteiger partial charge in [-0.15, -0.1) is 0 Å². The molecule has 0 heterocycles. The molecule has 2 N–H and O–H groups in total. The first kappa shape index (κ1) is 17.6. The molecule has 5 heteroatoms. The lowest BCUT2D eigenvalue weighted by molar-refractivity contribution is -0.119. The van der Waals surface area contributed by atoms with E-state index in [4.69, 9.17) is 0 Å². The quantitative estimate of drug-likeness (QED) is 0.555. The SMILES string of the molecule is CNC(CCCSCCC(NC)C(C)=O)C(C)=O. The van der Waals surface area contributed by atoms with Gasteiger partial charge in [-0.2, -0.15) is 11.8 Å². The molecule has 0 aromatic heterocycles. The van der Waals surface area contributed by atoms with Crippen molar-refractivity contribution in [3.8, 4) is 0 Å². The highest BCUT2D eigenvalue weighted by atomic mass is 32.2. The van der Waals surface area contributed by atoms with Gasteiger partial charge < -0.3 is 10.6 Å². The van der Waals surface area contributed by atoms with Crippen LogP contribution in [0.2, 0.25) is 0 Å². The summed E-state index contributed by atoms with van der Waals surface area (Å²) in [7, 11) is 3.64. The van der Waals surface area contributed by atoms with Gasteiger partial charge in [-0.05, 0) is 58.7 Å². The van der Waals surface area contributed by atoms with Crippen molar-refractivity contribution in [1.29, 1.82) is 0 Å². The van der Waals surface area contributed by atoms with Crippen LogP contribution in [0.15, 0.2) is 0 Å². The van der Waals surface area contributed by atoms with E-state index in [1.807, 2.05) is 25.9 Å². The molecule has 0 radical (unpaired) electrons. The van der Waals surface area contributed by atoms with Crippen LogP contribution in [0.3, 0.4) is 0 Å². The van der Waals surface area contributed by atoms with E-state index in [9.17, 15) is 9.59 Å². The van der Waals surface area contributed by atoms with Crippen molar-refractivity contribution in [3.63, 3.8) is 0 Å². The number of hydrogen-bond donors (Lipinski definition) is 2. The zero-order chi connectivity index (χ0) is 14.0. The van der Waals surface area contributed by atoms with E-state index in [2.05, 4.69) is 10.6 Å². The topological polar surface area (TPSA) is 58.2 Å². The minimum Gasteiger partial charge on any atom is -0.311 e. The number of Topliss-reactive ketones (excluding diaryl/α,β-unsaturated/α-hetero) is 2. The molecule has 18 heavy (non-hydrogen) atoms. The van der Waals surface area contributed by atoms with Crippen molar-refractivity contribution < 1.29 is 9.59 Å². The van der Waals surface area contributed by atoms with Gasteiger partial charge in [0.25, 0.3) is 0 Å². The molecule has 106 valence electrons. The number of rotatable bonds is 11. The molecule has 2 unspecified atom stereocenters. The van der Waals surface area contributed by atoms with Gasteiger partial charge in [0.1, 0.15) is 11.6 Å². The monoisotopic (exact) mass is 274 g/mol. The fraction of sp³-hybridized carbons (Fsp3) is 0.846. The smallest absolute Gasteiger partial charge is 0.146 e. The Morgan fingerprint density at radius 1 is 0.944 bits per heavy atom. The fourth-order valence-electron chi connectivity index (χ4n) is 1.79. The van der Waals surface area contributed by atoms with Crippen LogP contribution in [0.25, 0.3) is 0 Å². The van der Waals surface area contributed by atoms with Crippen molar-refractivity contribution in [3.05, 3.63) is 0 Å². The second-order valence-electron chi connectivity index (χ2n) is 4.45. The molecule has 0 aromatic carbocycles. The largest absolute Gasteiger partial charge is 0.311 e. The van der Waals surface area contributed by atoms with E-state index in [0.29, 0.717) is 0 Å². The summed E-state index contributed by atoms with van der Waals surface area (Å²) in [6.07, 6.45) is 2.79. The first-order valence-corrected chi connectivity index (χ1v) is 7.61. The van der Waals surface area contributed by atoms with Gasteiger partial charge in [0.2, 0.25) is 0 Å². The third-order valence-corrected chi connectivity index (χ3v) is 4.11. The molecule has 0 bridgehead atoms. The molecule has 0 spiro atoms. The zero-order valence-electron chi connectivity index (χ0n) is 11.9. The van der Waals surface area contributed by atoms with Gasteiger partial charge in [-0.25, -0.2) is 0 Å². The average molecular weight is 274 g/mol. The number of carbonyl (C=O) groups is 2. The number of likely N-dealkylation sites (N-methyl/N-ethyl adjacent to an activating group) is 2. The second kappa shape index (κ2) is 10.5. The normalized spacial score (nSPS) is 14.2. The number of hydrogen-bond acceptors (Lipinski definition) is 5. The molecule has 0 saturated carbocycles. The van der Waals surface area contributed by atoms with Gasteiger partial charge in [0, 0.05) is 0 Å². The molecule has 0 rings (SSSR count). The van der Waals surface area contributed by atoms with Gasteiger partial charge in [0.15, 0.2) is 0 Å². The third kappa shape index (κ3) is 7.84. The Bertz CT molecular complexity index is 233. The minimum atomic E-state index is -0.0141. The van der Waals surface area contributed by atoms with E-state index in [1.54, 1.807) is 13.8 Å². The molecule has 0 aromatic rings. The van der Waals surface area contributed by atoms with E-state index in [1.165, 1.54) is 0 Å². The minimum absolute atomic E-state index is 0.00660. The van der Waals surface area contributed by atoms with Crippen LogP contribution < -0.4 is 10.6 Å². The lowest BCUT2D eigenvalue weighted by atomic mass is 10.1. The van der Waals surface area contributed by atoms with Crippen LogP contribution >= 0.6 is 11.8 Å². The lowest BCUT2D eigenvalue weighted by Crippen LogP contribution is -2.33. The van der Waals surface area contributed by atoms with Crippen LogP contribution in [-0.4, -0.2) is 49.3 Å². The van der Waals surface area contributed by atoms with Gasteiger partial charge in [-0.1, -0.05) is 0 Å². The summed E-state index contributed by atoms with van der Waals surface area (Å²) in [4.78, 5) is 22.4. The predicted molar refractivity (Wildman–Crippen MR) is 78.2 cm³/mol.